The van der Waals surface area contributed by atoms with Crippen molar-refractivity contribution in [3.05, 3.63) is 94.2 Å². The average molecular weight is 394 g/mol. The van der Waals surface area contributed by atoms with E-state index in [4.69, 9.17) is 0 Å². The Labute approximate surface area is 169 Å². The Morgan fingerprint density at radius 2 is 1.64 bits per heavy atom. The van der Waals surface area contributed by atoms with Crippen LogP contribution in [0.5, 0.6) is 0 Å². The van der Waals surface area contributed by atoms with Gasteiger partial charge in [0.25, 0.3) is 5.91 Å². The van der Waals surface area contributed by atoms with Crippen molar-refractivity contribution >= 4 is 23.0 Å². The van der Waals surface area contributed by atoms with Gasteiger partial charge in [-0.05, 0) is 30.4 Å². The molecular formula is C23H25N2O2S+. The number of benzene rings is 2. The van der Waals surface area contributed by atoms with Gasteiger partial charge in [-0.15, -0.1) is 11.3 Å². The van der Waals surface area contributed by atoms with Gasteiger partial charge in [0.15, 0.2) is 12.3 Å². The van der Waals surface area contributed by atoms with E-state index < -0.39 is 6.04 Å². The van der Waals surface area contributed by atoms with Crippen LogP contribution in [-0.4, -0.2) is 24.3 Å². The quantitative estimate of drug-likeness (QED) is 0.587. The van der Waals surface area contributed by atoms with Crippen molar-refractivity contribution in [3.8, 4) is 0 Å². The summed E-state index contributed by atoms with van der Waals surface area (Å²) in [7, 11) is 0. The molecule has 28 heavy (non-hydrogen) atoms. The summed E-state index contributed by atoms with van der Waals surface area (Å²) in [5.74, 6) is -0.163. The lowest BCUT2D eigenvalue weighted by molar-refractivity contribution is -0.676. The molecule has 0 spiro atoms. The number of Topliss-reactive ketones (excluding diaryl/α,β-unsaturated/α-hetero) is 1. The van der Waals surface area contributed by atoms with E-state index in [0.717, 1.165) is 11.1 Å². The molecule has 0 saturated carbocycles. The maximum Gasteiger partial charge on any atom is 0.275 e. The van der Waals surface area contributed by atoms with Crippen LogP contribution in [0.2, 0.25) is 0 Å². The van der Waals surface area contributed by atoms with Crippen molar-refractivity contribution in [2.45, 2.75) is 25.4 Å². The zero-order chi connectivity index (χ0) is 19.8. The summed E-state index contributed by atoms with van der Waals surface area (Å²) >= 11 is 1.68. The highest BCUT2D eigenvalue weighted by atomic mass is 32.1. The first-order valence-corrected chi connectivity index (χ1v) is 10.3. The number of amides is 1. The Balaban J connectivity index is 1.63. The normalized spacial score (nSPS) is 12.9. The van der Waals surface area contributed by atoms with Crippen molar-refractivity contribution in [3.63, 3.8) is 0 Å². The van der Waals surface area contributed by atoms with Crippen molar-refractivity contribution in [2.75, 3.05) is 6.54 Å². The second-order valence-electron chi connectivity index (χ2n) is 6.76. The van der Waals surface area contributed by atoms with Crippen LogP contribution in [0.1, 0.15) is 29.0 Å². The first kappa shape index (κ1) is 20.0. The Kier molecular flexibility index (Phi) is 7.12. The number of ketones is 1. The SMILES string of the molecule is CC(=O)[C@@H](Cc1ccccc1)NC(=O)C[NH2+][C@H](c1ccccc1)c1cccs1. The smallest absolute Gasteiger partial charge is 0.275 e. The predicted octanol–water partition coefficient (Wildman–Crippen LogP) is 2.72. The molecule has 0 radical (unpaired) electrons. The summed E-state index contributed by atoms with van der Waals surface area (Å²) in [5.41, 5.74) is 2.19. The fourth-order valence-electron chi connectivity index (χ4n) is 3.17. The lowest BCUT2D eigenvalue weighted by atomic mass is 10.0. The Bertz CT molecular complexity index is 879. The molecule has 2 atom stereocenters. The van der Waals surface area contributed by atoms with Gasteiger partial charge in [0.2, 0.25) is 0 Å². The van der Waals surface area contributed by atoms with Crippen molar-refractivity contribution in [1.29, 1.82) is 0 Å². The molecule has 1 amide bonds. The van der Waals surface area contributed by atoms with Gasteiger partial charge in [0.05, 0.1) is 10.9 Å². The van der Waals surface area contributed by atoms with Crippen LogP contribution >= 0.6 is 11.3 Å². The Morgan fingerprint density at radius 3 is 2.25 bits per heavy atom. The molecule has 3 rings (SSSR count). The third-order valence-electron chi connectivity index (χ3n) is 4.66. The molecular weight excluding hydrogens is 368 g/mol. The summed E-state index contributed by atoms with van der Waals surface area (Å²) in [5, 5.41) is 6.97. The molecule has 4 nitrogen and oxygen atoms in total. The molecule has 0 bridgehead atoms. The topological polar surface area (TPSA) is 62.8 Å². The van der Waals surface area contributed by atoms with Crippen LogP contribution in [0, 0.1) is 0 Å². The maximum absolute atomic E-state index is 12.6. The highest BCUT2D eigenvalue weighted by Crippen LogP contribution is 2.22. The van der Waals surface area contributed by atoms with Crippen LogP contribution in [0.4, 0.5) is 0 Å². The lowest BCUT2D eigenvalue weighted by Crippen LogP contribution is -2.87. The number of nitrogens with two attached hydrogens (primary N) is 1. The molecule has 5 heteroatoms. The number of thiophene rings is 1. The van der Waals surface area contributed by atoms with E-state index in [0.29, 0.717) is 6.42 Å². The second-order valence-corrected chi connectivity index (χ2v) is 7.74. The molecule has 1 heterocycles. The van der Waals surface area contributed by atoms with Crippen LogP contribution in [0.3, 0.4) is 0 Å². The van der Waals surface area contributed by atoms with Gasteiger partial charge < -0.3 is 10.6 Å². The van der Waals surface area contributed by atoms with E-state index in [-0.39, 0.29) is 24.3 Å². The lowest BCUT2D eigenvalue weighted by Gasteiger charge is -2.18. The van der Waals surface area contributed by atoms with Gasteiger partial charge in [0.1, 0.15) is 6.04 Å². The standard InChI is InChI=1S/C23H24N2O2S/c1-17(26)20(15-18-9-4-2-5-10-18)25-22(27)16-24-23(21-13-8-14-28-21)19-11-6-3-7-12-19/h2-14,20,23-24H,15-16H2,1H3,(H,25,27)/p+1/t20-,23-/m1/s1. The first-order chi connectivity index (χ1) is 13.6. The number of quaternary nitrogens is 1. The van der Waals surface area contributed by atoms with E-state index in [1.165, 1.54) is 11.8 Å². The zero-order valence-corrected chi connectivity index (χ0v) is 16.7. The Hall–Kier alpha value is -2.76. The minimum Gasteiger partial charge on any atom is -0.341 e. The van der Waals surface area contributed by atoms with Gasteiger partial charge in [-0.25, -0.2) is 0 Å². The highest BCUT2D eigenvalue weighted by molar-refractivity contribution is 7.10. The van der Waals surface area contributed by atoms with E-state index in [9.17, 15) is 9.59 Å². The van der Waals surface area contributed by atoms with Gasteiger partial charge in [0, 0.05) is 5.56 Å². The fraction of sp³-hybridized carbons (Fsp3) is 0.217. The number of hydrogen-bond acceptors (Lipinski definition) is 3. The minimum atomic E-state index is -0.500. The Morgan fingerprint density at radius 1 is 0.964 bits per heavy atom. The number of nitrogens with one attached hydrogen (secondary N) is 1. The van der Waals surface area contributed by atoms with Gasteiger partial charge in [-0.1, -0.05) is 66.7 Å². The summed E-state index contributed by atoms with van der Waals surface area (Å²) < 4.78 is 0. The van der Waals surface area contributed by atoms with Gasteiger partial charge in [-0.2, -0.15) is 0 Å². The monoisotopic (exact) mass is 393 g/mol. The fourth-order valence-corrected chi connectivity index (χ4v) is 4.02. The molecule has 2 aromatic carbocycles. The molecule has 3 N–H and O–H groups in total. The van der Waals surface area contributed by atoms with Gasteiger partial charge in [-0.3, -0.25) is 9.59 Å². The zero-order valence-electron chi connectivity index (χ0n) is 15.9. The summed E-state index contributed by atoms with van der Waals surface area (Å²) in [6.45, 7) is 1.78. The molecule has 0 aliphatic heterocycles. The molecule has 0 aliphatic carbocycles. The van der Waals surface area contributed by atoms with Crippen LogP contribution in [0.15, 0.2) is 78.2 Å². The molecule has 144 valence electrons. The van der Waals surface area contributed by atoms with E-state index >= 15 is 0 Å². The highest BCUT2D eigenvalue weighted by Gasteiger charge is 2.22. The maximum atomic E-state index is 12.6. The van der Waals surface area contributed by atoms with Crippen LogP contribution in [0.25, 0.3) is 0 Å². The number of rotatable bonds is 9. The predicted molar refractivity (Wildman–Crippen MR) is 112 cm³/mol. The first-order valence-electron chi connectivity index (χ1n) is 9.39. The van der Waals surface area contributed by atoms with E-state index in [1.807, 2.05) is 65.3 Å². The summed E-state index contributed by atoms with van der Waals surface area (Å²) in [6, 6.07) is 23.6. The minimum absolute atomic E-state index is 0.0323. The van der Waals surface area contributed by atoms with Crippen molar-refractivity contribution < 1.29 is 14.9 Å². The summed E-state index contributed by atoms with van der Waals surface area (Å²) in [6.07, 6.45) is 0.509. The number of carbonyl (C=O) groups is 2. The average Bonchev–Trinajstić information content (AvgIpc) is 3.24. The second kappa shape index (κ2) is 9.97. The largest absolute Gasteiger partial charge is 0.341 e. The van der Waals surface area contributed by atoms with Crippen LogP contribution < -0.4 is 10.6 Å². The molecule has 0 aliphatic rings. The third-order valence-corrected chi connectivity index (χ3v) is 5.61. The molecule has 0 unspecified atom stereocenters. The molecule has 0 saturated heterocycles. The molecule has 0 fully saturated rings. The van der Waals surface area contributed by atoms with Crippen molar-refractivity contribution in [2.24, 2.45) is 0 Å². The third kappa shape index (κ3) is 5.62. The van der Waals surface area contributed by atoms with E-state index in [2.05, 4.69) is 23.5 Å². The number of carbonyl (C=O) groups excluding carboxylic acids is 2. The van der Waals surface area contributed by atoms with E-state index in [1.54, 1.807) is 11.3 Å². The number of hydrogen-bond donors (Lipinski definition) is 2. The molecule has 3 aromatic rings. The van der Waals surface area contributed by atoms with Crippen molar-refractivity contribution in [1.82, 2.24) is 5.32 Å². The summed E-state index contributed by atoms with van der Waals surface area (Å²) in [4.78, 5) is 25.8. The van der Waals surface area contributed by atoms with Crippen LogP contribution in [-0.2, 0) is 16.0 Å². The van der Waals surface area contributed by atoms with Gasteiger partial charge >= 0.3 is 0 Å². The molecule has 1 aromatic heterocycles.